The zero-order chi connectivity index (χ0) is 13.9. The van der Waals surface area contributed by atoms with Gasteiger partial charge in [0.1, 0.15) is 24.4 Å². The van der Waals surface area contributed by atoms with E-state index in [-0.39, 0.29) is 0 Å². The van der Waals surface area contributed by atoms with Crippen LogP contribution in [0.15, 0.2) is 60.7 Å². The molecule has 1 fully saturated rings. The number of aliphatic hydroxyl groups is 2. The van der Waals surface area contributed by atoms with E-state index in [1.807, 2.05) is 60.7 Å². The molecule has 0 bridgehead atoms. The summed E-state index contributed by atoms with van der Waals surface area (Å²) in [6.07, 6.45) is -3.47. The molecule has 1 aliphatic rings. The average Bonchev–Trinajstić information content (AvgIpc) is 2.52. The van der Waals surface area contributed by atoms with Crippen LogP contribution in [0.2, 0.25) is 0 Å². The second kappa shape index (κ2) is 5.73. The first kappa shape index (κ1) is 13.3. The number of hydrogen-bond donors (Lipinski definition) is 2. The van der Waals surface area contributed by atoms with Crippen molar-refractivity contribution in [2.24, 2.45) is 0 Å². The fourth-order valence-electron chi connectivity index (χ4n) is 2.38. The molecule has 4 atom stereocenters. The average molecular weight is 272 g/mol. The van der Waals surface area contributed by atoms with Gasteiger partial charge in [-0.25, -0.2) is 9.78 Å². The van der Waals surface area contributed by atoms with Gasteiger partial charge in [0.2, 0.25) is 0 Å². The van der Waals surface area contributed by atoms with Crippen molar-refractivity contribution < 1.29 is 20.0 Å². The first-order chi connectivity index (χ1) is 9.77. The molecule has 1 aliphatic heterocycles. The summed E-state index contributed by atoms with van der Waals surface area (Å²) in [7, 11) is 0. The van der Waals surface area contributed by atoms with Gasteiger partial charge in [-0.15, -0.1) is 0 Å². The highest BCUT2D eigenvalue weighted by Crippen LogP contribution is 2.36. The van der Waals surface area contributed by atoms with Crippen LogP contribution in [0, 0.1) is 0 Å². The zero-order valence-electron chi connectivity index (χ0n) is 10.8. The lowest BCUT2D eigenvalue weighted by molar-refractivity contribution is -0.419. The zero-order valence-corrected chi connectivity index (χ0v) is 10.8. The SMILES string of the molecule is O[C@@H]1[C@H](O)[C@@H](c2ccccc2)OO[C@H]1c1ccccc1. The van der Waals surface area contributed by atoms with E-state index in [0.717, 1.165) is 11.1 Å². The molecule has 0 saturated carbocycles. The van der Waals surface area contributed by atoms with Gasteiger partial charge >= 0.3 is 0 Å². The Labute approximate surface area is 117 Å². The van der Waals surface area contributed by atoms with Gasteiger partial charge in [0.25, 0.3) is 0 Å². The first-order valence-corrected chi connectivity index (χ1v) is 6.55. The van der Waals surface area contributed by atoms with Crippen molar-refractivity contribution >= 4 is 0 Å². The minimum atomic E-state index is -1.05. The third-order valence-corrected chi connectivity index (χ3v) is 3.49. The third kappa shape index (κ3) is 2.46. The van der Waals surface area contributed by atoms with Gasteiger partial charge in [-0.1, -0.05) is 60.7 Å². The summed E-state index contributed by atoms with van der Waals surface area (Å²) in [6.45, 7) is 0. The second-order valence-electron chi connectivity index (χ2n) is 4.84. The molecule has 4 heteroatoms. The molecule has 1 heterocycles. The predicted octanol–water partition coefficient (Wildman–Crippen LogP) is 2.15. The molecule has 3 rings (SSSR count). The van der Waals surface area contributed by atoms with Crippen molar-refractivity contribution in [3.63, 3.8) is 0 Å². The molecule has 0 aromatic heterocycles. The van der Waals surface area contributed by atoms with Crippen molar-refractivity contribution in [2.75, 3.05) is 0 Å². The van der Waals surface area contributed by atoms with Gasteiger partial charge in [-0.3, -0.25) is 0 Å². The summed E-state index contributed by atoms with van der Waals surface area (Å²) in [5.41, 5.74) is 1.54. The van der Waals surface area contributed by atoms with E-state index in [1.54, 1.807) is 0 Å². The summed E-state index contributed by atoms with van der Waals surface area (Å²) in [5.74, 6) is 0. The van der Waals surface area contributed by atoms with Crippen LogP contribution in [0.4, 0.5) is 0 Å². The van der Waals surface area contributed by atoms with E-state index in [0.29, 0.717) is 0 Å². The van der Waals surface area contributed by atoms with E-state index in [1.165, 1.54) is 0 Å². The second-order valence-corrected chi connectivity index (χ2v) is 4.84. The minimum absolute atomic E-state index is 0.689. The lowest BCUT2D eigenvalue weighted by atomic mass is 9.93. The fraction of sp³-hybridized carbons (Fsp3) is 0.250. The largest absolute Gasteiger partial charge is 0.387 e. The molecule has 2 aromatic rings. The monoisotopic (exact) mass is 272 g/mol. The summed E-state index contributed by atoms with van der Waals surface area (Å²) in [4.78, 5) is 10.6. The quantitative estimate of drug-likeness (QED) is 0.822. The van der Waals surface area contributed by atoms with E-state index >= 15 is 0 Å². The molecule has 1 saturated heterocycles. The molecule has 0 unspecified atom stereocenters. The molecule has 2 aromatic carbocycles. The molecule has 20 heavy (non-hydrogen) atoms. The van der Waals surface area contributed by atoms with Crippen LogP contribution in [-0.2, 0) is 9.78 Å². The Morgan fingerprint density at radius 2 is 0.950 bits per heavy atom. The standard InChI is InChI=1S/C16H16O4/c17-13-14(18)16(12-9-5-2-6-10-12)20-19-15(13)11-7-3-1-4-8-11/h1-10,13-18H/t13-,14+,15+,16-. The molecule has 0 amide bonds. The highest BCUT2D eigenvalue weighted by molar-refractivity contribution is 5.23. The van der Waals surface area contributed by atoms with Crippen molar-refractivity contribution in [3.8, 4) is 0 Å². The Hall–Kier alpha value is -1.72. The van der Waals surface area contributed by atoms with Crippen LogP contribution in [0.25, 0.3) is 0 Å². The maximum Gasteiger partial charge on any atom is 0.146 e. The number of benzene rings is 2. The normalized spacial score (nSPS) is 30.1. The van der Waals surface area contributed by atoms with Crippen molar-refractivity contribution in [3.05, 3.63) is 71.8 Å². The number of hydrogen-bond acceptors (Lipinski definition) is 4. The Kier molecular flexibility index (Phi) is 3.80. The molecule has 0 radical (unpaired) electrons. The maximum atomic E-state index is 10.3. The van der Waals surface area contributed by atoms with Crippen LogP contribution in [0.5, 0.6) is 0 Å². The van der Waals surface area contributed by atoms with Gasteiger partial charge in [0.15, 0.2) is 0 Å². The van der Waals surface area contributed by atoms with Gasteiger partial charge in [-0.2, -0.15) is 0 Å². The van der Waals surface area contributed by atoms with E-state index in [9.17, 15) is 10.2 Å². The van der Waals surface area contributed by atoms with Crippen LogP contribution < -0.4 is 0 Å². The van der Waals surface area contributed by atoms with Gasteiger partial charge in [0.05, 0.1) is 0 Å². The van der Waals surface area contributed by atoms with Crippen LogP contribution >= 0.6 is 0 Å². The molecule has 2 N–H and O–H groups in total. The van der Waals surface area contributed by atoms with Gasteiger partial charge < -0.3 is 10.2 Å². The highest BCUT2D eigenvalue weighted by atomic mass is 17.2. The number of rotatable bonds is 2. The topological polar surface area (TPSA) is 58.9 Å². The maximum absolute atomic E-state index is 10.3. The third-order valence-electron chi connectivity index (χ3n) is 3.49. The van der Waals surface area contributed by atoms with Crippen LogP contribution in [-0.4, -0.2) is 22.4 Å². The lowest BCUT2D eigenvalue weighted by Gasteiger charge is -2.36. The van der Waals surface area contributed by atoms with E-state index in [2.05, 4.69) is 0 Å². The molecule has 4 nitrogen and oxygen atoms in total. The lowest BCUT2D eigenvalue weighted by Crippen LogP contribution is -2.43. The molecular weight excluding hydrogens is 256 g/mol. The van der Waals surface area contributed by atoms with Crippen molar-refractivity contribution in [1.82, 2.24) is 0 Å². The fourth-order valence-corrected chi connectivity index (χ4v) is 2.38. The summed E-state index contributed by atoms with van der Waals surface area (Å²) in [6, 6.07) is 18.5. The van der Waals surface area contributed by atoms with E-state index in [4.69, 9.17) is 9.78 Å². The number of aliphatic hydroxyl groups excluding tert-OH is 2. The minimum Gasteiger partial charge on any atom is -0.387 e. The predicted molar refractivity (Wildman–Crippen MR) is 72.5 cm³/mol. The Balaban J connectivity index is 1.81. The van der Waals surface area contributed by atoms with Gasteiger partial charge in [0, 0.05) is 0 Å². The summed E-state index contributed by atoms with van der Waals surface area (Å²) >= 11 is 0. The molecular formula is C16H16O4. The Bertz CT molecular complexity index is 491. The van der Waals surface area contributed by atoms with Crippen molar-refractivity contribution in [2.45, 2.75) is 24.4 Å². The first-order valence-electron chi connectivity index (χ1n) is 6.55. The highest BCUT2D eigenvalue weighted by Gasteiger charge is 2.41. The smallest absolute Gasteiger partial charge is 0.146 e. The van der Waals surface area contributed by atoms with Gasteiger partial charge in [-0.05, 0) is 11.1 Å². The Morgan fingerprint density at radius 3 is 1.30 bits per heavy atom. The van der Waals surface area contributed by atoms with Crippen LogP contribution in [0.1, 0.15) is 23.3 Å². The Morgan fingerprint density at radius 1 is 0.600 bits per heavy atom. The summed E-state index contributed by atoms with van der Waals surface area (Å²) in [5, 5.41) is 20.5. The molecule has 0 aliphatic carbocycles. The van der Waals surface area contributed by atoms with Crippen molar-refractivity contribution in [1.29, 1.82) is 0 Å². The summed E-state index contributed by atoms with van der Waals surface area (Å²) < 4.78 is 0. The molecule has 0 spiro atoms. The van der Waals surface area contributed by atoms with E-state index < -0.39 is 24.4 Å². The molecule has 104 valence electrons. The van der Waals surface area contributed by atoms with Crippen LogP contribution in [0.3, 0.4) is 0 Å².